The molecule has 0 aromatic heterocycles. The van der Waals surface area contributed by atoms with Crippen LogP contribution in [0.25, 0.3) is 0 Å². The van der Waals surface area contributed by atoms with Gasteiger partial charge in [-0.3, -0.25) is 0 Å². The van der Waals surface area contributed by atoms with E-state index in [9.17, 15) is 8.78 Å². The highest BCUT2D eigenvalue weighted by atomic mass is 19.1. The number of ether oxygens (including phenoxy) is 1. The van der Waals surface area contributed by atoms with Crippen LogP contribution in [-0.4, -0.2) is 51.8 Å². The maximum Gasteiger partial charge on any atom is 0.248 e. The van der Waals surface area contributed by atoms with E-state index in [4.69, 9.17) is 0 Å². The Kier molecular flexibility index (Phi) is 4.52. The molecule has 68 valence electrons. The number of hydrogen-bond acceptors (Lipinski definition) is 1. The number of likely N-dealkylation sites (N-methyl/N-ethyl adjacent to an activating group) is 1. The third-order valence-electron chi connectivity index (χ3n) is 1.07. The Labute approximate surface area is 66.3 Å². The maximum absolute atomic E-state index is 12.7. The van der Waals surface area contributed by atoms with E-state index in [1.165, 1.54) is 0 Å². The lowest BCUT2D eigenvalue weighted by Gasteiger charge is -2.25. The Balaban J connectivity index is 3.44. The molecule has 0 heterocycles. The monoisotopic (exact) mass is 167 g/mol. The Hall–Kier alpha value is -0.220. The highest BCUT2D eigenvalue weighted by molar-refractivity contribution is 4.37. The first-order chi connectivity index (χ1) is 4.95. The van der Waals surface area contributed by atoms with Gasteiger partial charge >= 0.3 is 0 Å². The van der Waals surface area contributed by atoms with Crippen molar-refractivity contribution in [2.75, 3.05) is 41.0 Å². The highest BCUT2D eigenvalue weighted by Gasteiger charge is 2.16. The predicted octanol–water partition coefficient (Wildman–Crippen LogP) is 0.974. The highest BCUT2D eigenvalue weighted by Crippen LogP contribution is 2.00. The van der Waals surface area contributed by atoms with Crippen LogP contribution in [0.1, 0.15) is 0 Å². The van der Waals surface area contributed by atoms with Crippen LogP contribution in [0.2, 0.25) is 0 Å². The second-order valence-electron chi connectivity index (χ2n) is 3.44. The minimum atomic E-state index is -1.36. The maximum atomic E-state index is 12.7. The molecule has 0 N–H and O–H groups in total. The molecule has 0 aromatic carbocycles. The zero-order valence-electron chi connectivity index (χ0n) is 7.31. The van der Waals surface area contributed by atoms with Gasteiger partial charge in [0.1, 0.15) is 13.2 Å². The molecule has 0 fully saturated rings. The van der Waals surface area contributed by atoms with Gasteiger partial charge in [-0.05, 0) is 0 Å². The molecule has 4 heteroatoms. The van der Waals surface area contributed by atoms with Crippen molar-refractivity contribution in [3.05, 3.63) is 0 Å². The van der Waals surface area contributed by atoms with Crippen molar-refractivity contribution in [3.8, 4) is 0 Å². The fraction of sp³-hybridized carbons (Fsp3) is 1.00. The number of halogens is 2. The molecule has 11 heavy (non-hydrogen) atoms. The molecule has 0 aromatic rings. The van der Waals surface area contributed by atoms with Gasteiger partial charge in [-0.25, -0.2) is 8.78 Å². The van der Waals surface area contributed by atoms with E-state index in [-0.39, 0.29) is 13.2 Å². The summed E-state index contributed by atoms with van der Waals surface area (Å²) in [6.45, 7) is -0.529. The first-order valence-electron chi connectivity index (χ1n) is 3.58. The number of nitrogens with zero attached hydrogens (tertiary/aromatic N) is 1. The minimum absolute atomic E-state index is 0.152. The summed E-state index contributed by atoms with van der Waals surface area (Å²) in [6.07, 6.45) is -1.36. The largest absolute Gasteiger partial charge is 0.341 e. The van der Waals surface area contributed by atoms with Crippen molar-refractivity contribution >= 4 is 0 Å². The first-order valence-corrected chi connectivity index (χ1v) is 3.58. The predicted molar refractivity (Wildman–Crippen MR) is 39.7 cm³/mol. The molecular weight excluding hydrogens is 151 g/mol. The van der Waals surface area contributed by atoms with Gasteiger partial charge in [0, 0.05) is 0 Å². The summed E-state index contributed by atoms with van der Waals surface area (Å²) >= 11 is 0. The topological polar surface area (TPSA) is 9.23 Å². The molecule has 0 aliphatic heterocycles. The Morgan fingerprint density at radius 1 is 1.36 bits per heavy atom. The summed E-state index contributed by atoms with van der Waals surface area (Å²) < 4.78 is 29.2. The zero-order chi connectivity index (χ0) is 8.91. The van der Waals surface area contributed by atoms with E-state index in [2.05, 4.69) is 4.74 Å². The number of rotatable bonds is 5. The van der Waals surface area contributed by atoms with Crippen molar-refractivity contribution in [2.24, 2.45) is 0 Å². The summed E-state index contributed by atoms with van der Waals surface area (Å²) in [6, 6.07) is 0. The molecule has 2 nitrogen and oxygen atoms in total. The van der Waals surface area contributed by atoms with Gasteiger partial charge in [0.05, 0.1) is 27.7 Å². The average Bonchev–Trinajstić information content (AvgIpc) is 1.79. The van der Waals surface area contributed by atoms with Gasteiger partial charge in [0.2, 0.25) is 6.36 Å². The minimum Gasteiger partial charge on any atom is -0.341 e. The van der Waals surface area contributed by atoms with Crippen molar-refractivity contribution in [1.82, 2.24) is 0 Å². The Bertz CT molecular complexity index is 103. The Morgan fingerprint density at radius 3 is 2.27 bits per heavy atom. The first kappa shape index (κ1) is 10.8. The third kappa shape index (κ3) is 7.68. The molecule has 0 bridgehead atoms. The van der Waals surface area contributed by atoms with Crippen molar-refractivity contribution < 1.29 is 18.0 Å². The van der Waals surface area contributed by atoms with Crippen LogP contribution in [-0.2, 0) is 4.74 Å². The number of quaternary nitrogens is 1. The fourth-order valence-corrected chi connectivity index (χ4v) is 0.656. The normalized spacial score (nSPS) is 15.0. The van der Waals surface area contributed by atoms with Gasteiger partial charge in [-0.1, -0.05) is 0 Å². The summed E-state index contributed by atoms with van der Waals surface area (Å²) in [5.41, 5.74) is 0. The van der Waals surface area contributed by atoms with Crippen molar-refractivity contribution in [1.29, 1.82) is 0 Å². The molecule has 0 spiro atoms. The van der Waals surface area contributed by atoms with E-state index in [1.54, 1.807) is 0 Å². The van der Waals surface area contributed by atoms with Crippen LogP contribution >= 0.6 is 0 Å². The lowest BCUT2D eigenvalue weighted by molar-refractivity contribution is -0.875. The molecule has 0 rings (SSSR count). The van der Waals surface area contributed by atoms with Crippen LogP contribution in [0.3, 0.4) is 0 Å². The van der Waals surface area contributed by atoms with Gasteiger partial charge in [-0.15, -0.1) is 0 Å². The lowest BCUT2D eigenvalue weighted by atomic mass is 10.5. The van der Waals surface area contributed by atoms with E-state index in [1.807, 2.05) is 21.1 Å². The SMILES string of the molecule is C[N+](C)(C)CC([18F])OCCF. The third-order valence-corrected chi connectivity index (χ3v) is 1.07. The van der Waals surface area contributed by atoms with Gasteiger partial charge in [0.25, 0.3) is 0 Å². The molecule has 0 saturated heterocycles. The molecule has 0 aliphatic rings. The fourth-order valence-electron chi connectivity index (χ4n) is 0.656. The second kappa shape index (κ2) is 4.62. The number of alkyl halides is 2. The van der Waals surface area contributed by atoms with Crippen molar-refractivity contribution in [3.63, 3.8) is 0 Å². The van der Waals surface area contributed by atoms with Crippen LogP contribution in [0.5, 0.6) is 0 Å². The molecular formula is C7H16F2NO+. The van der Waals surface area contributed by atoms with E-state index >= 15 is 0 Å². The molecule has 0 aliphatic carbocycles. The van der Waals surface area contributed by atoms with Crippen LogP contribution in [0, 0.1) is 0 Å². The molecule has 0 amide bonds. The summed E-state index contributed by atoms with van der Waals surface area (Å²) in [5, 5.41) is 0. The summed E-state index contributed by atoms with van der Waals surface area (Å²) in [7, 11) is 5.56. The quantitative estimate of drug-likeness (QED) is 0.554. The average molecular weight is 167 g/mol. The van der Waals surface area contributed by atoms with Crippen LogP contribution in [0.4, 0.5) is 8.78 Å². The van der Waals surface area contributed by atoms with E-state index in [0.29, 0.717) is 4.48 Å². The smallest absolute Gasteiger partial charge is 0.248 e. The number of hydrogen-bond donors (Lipinski definition) is 0. The summed E-state index contributed by atoms with van der Waals surface area (Å²) in [4.78, 5) is 0. The van der Waals surface area contributed by atoms with Gasteiger partial charge < -0.3 is 9.22 Å². The second-order valence-corrected chi connectivity index (χ2v) is 3.44. The van der Waals surface area contributed by atoms with Crippen LogP contribution < -0.4 is 0 Å². The van der Waals surface area contributed by atoms with Gasteiger partial charge in [-0.2, -0.15) is 0 Å². The van der Waals surface area contributed by atoms with Crippen LogP contribution in [0.15, 0.2) is 0 Å². The Morgan fingerprint density at radius 2 is 1.91 bits per heavy atom. The molecule has 1 atom stereocenters. The van der Waals surface area contributed by atoms with Crippen molar-refractivity contribution in [2.45, 2.75) is 6.36 Å². The summed E-state index contributed by atoms with van der Waals surface area (Å²) in [5.74, 6) is 0. The van der Waals surface area contributed by atoms with E-state index < -0.39 is 13.0 Å². The van der Waals surface area contributed by atoms with Gasteiger partial charge in [0.15, 0.2) is 0 Å². The zero-order valence-corrected chi connectivity index (χ0v) is 7.31. The standard InChI is InChI=1S/C7H16F2NO/c1-10(2,3)6-7(9)11-5-4-8/h7H,4-6H2,1-3H3/q+1/i9-1. The molecule has 0 saturated carbocycles. The molecule has 1 unspecified atom stereocenters. The lowest BCUT2D eigenvalue weighted by Crippen LogP contribution is -2.41. The molecule has 0 radical (unpaired) electrons. The van der Waals surface area contributed by atoms with E-state index in [0.717, 1.165) is 0 Å².